The first kappa shape index (κ1) is 22.5. The maximum absolute atomic E-state index is 14.6. The van der Waals surface area contributed by atoms with Crippen LogP contribution in [0.4, 0.5) is 14.9 Å². The summed E-state index contributed by atoms with van der Waals surface area (Å²) < 4.78 is 30.5. The quantitative estimate of drug-likeness (QED) is 0.412. The average molecular weight is 458 g/mol. The predicted octanol–water partition coefficient (Wildman–Crippen LogP) is 0.101. The summed E-state index contributed by atoms with van der Waals surface area (Å²) in [6.07, 6.45) is 1.15. The van der Waals surface area contributed by atoms with E-state index < -0.39 is 42.6 Å². The second-order valence-corrected chi connectivity index (χ2v) is 7.46. The lowest BCUT2D eigenvalue weighted by atomic mass is 9.76. The number of ether oxygens (including phenoxy) is 1. The third-order valence-electron chi connectivity index (χ3n) is 5.25. The van der Waals surface area contributed by atoms with Gasteiger partial charge in [0.15, 0.2) is 0 Å². The summed E-state index contributed by atoms with van der Waals surface area (Å²) in [5.41, 5.74) is -0.371. The van der Waals surface area contributed by atoms with Crippen LogP contribution in [0.15, 0.2) is 33.9 Å². The molecule has 2 fully saturated rings. The summed E-state index contributed by atoms with van der Waals surface area (Å²) in [5, 5.41) is 2.39. The van der Waals surface area contributed by atoms with Gasteiger partial charge in [-0.1, -0.05) is 13.0 Å². The van der Waals surface area contributed by atoms with E-state index in [1.165, 1.54) is 30.0 Å². The molecule has 172 valence electrons. The van der Waals surface area contributed by atoms with Crippen LogP contribution in [0.1, 0.15) is 24.6 Å². The Labute approximate surface area is 186 Å². The van der Waals surface area contributed by atoms with E-state index in [1.807, 2.05) is 6.92 Å². The first-order valence-corrected chi connectivity index (χ1v) is 10.2. The molecule has 0 aliphatic carbocycles. The minimum Gasteiger partial charge on any atom is -0.444 e. The standard InChI is InChI=1S/C20H20BFN4O7/c1-3-12-9-26(20(30)31-12)11-4-5-13(14(22)8-11)21-32-19(33-21)24-16(27)7-6-15-10(2)17(28)25-18(29)23-15/h4-8,12,19H,3,9H2,1-2H3,(H,24,27)(H2,23,25,28,29)/b7-6+/t12-/m0/s1. The minimum atomic E-state index is -1.11. The summed E-state index contributed by atoms with van der Waals surface area (Å²) in [4.78, 5) is 52.7. The van der Waals surface area contributed by atoms with Crippen molar-refractivity contribution in [3.63, 3.8) is 0 Å². The molecule has 0 radical (unpaired) electrons. The second kappa shape index (κ2) is 9.04. The number of halogens is 1. The molecule has 0 saturated carbocycles. The highest BCUT2D eigenvalue weighted by Crippen LogP contribution is 2.24. The molecule has 33 heavy (non-hydrogen) atoms. The predicted molar refractivity (Wildman–Crippen MR) is 115 cm³/mol. The molecule has 11 nitrogen and oxygen atoms in total. The highest BCUT2D eigenvalue weighted by atomic mass is 19.1. The molecule has 0 unspecified atom stereocenters. The van der Waals surface area contributed by atoms with E-state index in [0.29, 0.717) is 18.7 Å². The van der Waals surface area contributed by atoms with Crippen molar-refractivity contribution in [2.75, 3.05) is 11.4 Å². The highest BCUT2D eigenvalue weighted by molar-refractivity contribution is 6.63. The van der Waals surface area contributed by atoms with E-state index >= 15 is 0 Å². The average Bonchev–Trinajstić information content (AvgIpc) is 3.13. The molecule has 1 atom stereocenters. The first-order chi connectivity index (χ1) is 15.7. The maximum atomic E-state index is 14.6. The Bertz CT molecular complexity index is 1240. The van der Waals surface area contributed by atoms with Crippen molar-refractivity contribution in [2.45, 2.75) is 32.8 Å². The molecule has 3 N–H and O–H groups in total. The zero-order chi connectivity index (χ0) is 23.7. The molecule has 1 aromatic carbocycles. The van der Waals surface area contributed by atoms with Crippen LogP contribution in [0, 0.1) is 12.7 Å². The van der Waals surface area contributed by atoms with Gasteiger partial charge in [0.05, 0.1) is 17.9 Å². The van der Waals surface area contributed by atoms with E-state index in [1.54, 1.807) is 6.07 Å². The molecule has 4 rings (SSSR count). The number of anilines is 1. The lowest BCUT2D eigenvalue weighted by molar-refractivity contribution is -0.147. The van der Waals surface area contributed by atoms with Gasteiger partial charge in [0.1, 0.15) is 11.9 Å². The summed E-state index contributed by atoms with van der Waals surface area (Å²) in [6, 6.07) is 4.19. The van der Waals surface area contributed by atoms with Gasteiger partial charge in [-0.05, 0) is 31.6 Å². The van der Waals surface area contributed by atoms with Crippen LogP contribution < -0.4 is 26.9 Å². The van der Waals surface area contributed by atoms with Crippen LogP contribution in [0.2, 0.25) is 0 Å². The van der Waals surface area contributed by atoms with Gasteiger partial charge in [-0.25, -0.2) is 14.0 Å². The molecule has 2 amide bonds. The number of cyclic esters (lactones) is 1. The summed E-state index contributed by atoms with van der Waals surface area (Å²) >= 11 is 0. The van der Waals surface area contributed by atoms with Crippen molar-refractivity contribution in [2.24, 2.45) is 0 Å². The summed E-state index contributed by atoms with van der Waals surface area (Å²) in [5.74, 6) is -1.25. The molecule has 0 spiro atoms. The molecular formula is C20H20BFN4O7. The van der Waals surface area contributed by atoms with Gasteiger partial charge in [0, 0.05) is 17.1 Å². The summed E-state index contributed by atoms with van der Waals surface area (Å²) in [6.45, 7) is 3.73. The largest absolute Gasteiger partial charge is 0.503 e. The number of H-pyrrole nitrogens is 2. The van der Waals surface area contributed by atoms with Crippen LogP contribution in [0.3, 0.4) is 0 Å². The molecule has 2 saturated heterocycles. The zero-order valence-corrected chi connectivity index (χ0v) is 17.7. The number of nitrogens with one attached hydrogen (secondary N) is 3. The van der Waals surface area contributed by atoms with Crippen molar-refractivity contribution in [1.29, 1.82) is 0 Å². The Morgan fingerprint density at radius 3 is 2.73 bits per heavy atom. The van der Waals surface area contributed by atoms with E-state index in [9.17, 15) is 23.6 Å². The first-order valence-electron chi connectivity index (χ1n) is 10.2. The maximum Gasteiger partial charge on any atom is 0.503 e. The zero-order valence-electron chi connectivity index (χ0n) is 17.7. The van der Waals surface area contributed by atoms with E-state index in [-0.39, 0.29) is 22.8 Å². The Kier molecular flexibility index (Phi) is 6.16. The fourth-order valence-electron chi connectivity index (χ4n) is 3.33. The number of benzene rings is 1. The van der Waals surface area contributed by atoms with Crippen molar-refractivity contribution in [1.82, 2.24) is 15.3 Å². The Morgan fingerprint density at radius 1 is 1.30 bits per heavy atom. The minimum absolute atomic E-state index is 0.108. The molecule has 2 aliphatic heterocycles. The second-order valence-electron chi connectivity index (χ2n) is 7.46. The van der Waals surface area contributed by atoms with Crippen molar-refractivity contribution in [3.05, 3.63) is 62.2 Å². The van der Waals surface area contributed by atoms with Gasteiger partial charge in [-0.3, -0.25) is 19.5 Å². The van der Waals surface area contributed by atoms with Crippen molar-refractivity contribution < 1.29 is 28.0 Å². The number of rotatable bonds is 6. The van der Waals surface area contributed by atoms with Crippen LogP contribution in [-0.2, 0) is 18.8 Å². The molecule has 1 aromatic heterocycles. The molecule has 2 aromatic rings. The lowest BCUT2D eigenvalue weighted by Gasteiger charge is -2.34. The van der Waals surface area contributed by atoms with Crippen LogP contribution in [-0.4, -0.2) is 48.1 Å². The number of aromatic amines is 2. The fourth-order valence-corrected chi connectivity index (χ4v) is 3.33. The number of hydrogen-bond acceptors (Lipinski definition) is 7. The van der Waals surface area contributed by atoms with Crippen LogP contribution >= 0.6 is 0 Å². The number of carbonyl (C=O) groups is 2. The van der Waals surface area contributed by atoms with Gasteiger partial charge in [-0.15, -0.1) is 0 Å². The van der Waals surface area contributed by atoms with Crippen molar-refractivity contribution >= 4 is 36.3 Å². The number of amides is 2. The Balaban J connectivity index is 1.33. The summed E-state index contributed by atoms with van der Waals surface area (Å²) in [7, 11) is -1.03. The number of hydrogen-bond donors (Lipinski definition) is 3. The number of nitrogens with zero attached hydrogens (tertiary/aromatic N) is 1. The van der Waals surface area contributed by atoms with Gasteiger partial charge >= 0.3 is 18.9 Å². The SMILES string of the molecule is CC[C@H]1CN(c2ccc(B3OC(NC(=O)/C=C/c4[nH]c(=O)[nH]c(=O)c4C)O3)c(F)c2)C(=O)O1. The lowest BCUT2D eigenvalue weighted by Crippen LogP contribution is -2.60. The van der Waals surface area contributed by atoms with E-state index in [2.05, 4.69) is 15.3 Å². The van der Waals surface area contributed by atoms with Crippen molar-refractivity contribution in [3.8, 4) is 0 Å². The van der Waals surface area contributed by atoms with Gasteiger partial charge in [0.25, 0.3) is 5.56 Å². The monoisotopic (exact) mass is 458 g/mol. The van der Waals surface area contributed by atoms with Gasteiger partial charge < -0.3 is 24.3 Å². The van der Waals surface area contributed by atoms with E-state index in [4.69, 9.17) is 14.0 Å². The molecule has 0 bridgehead atoms. The molecule has 2 aliphatic rings. The number of carbonyl (C=O) groups excluding carboxylic acids is 2. The fraction of sp³-hybridized carbons (Fsp3) is 0.300. The molecule has 13 heteroatoms. The van der Waals surface area contributed by atoms with Gasteiger partial charge in [-0.2, -0.15) is 0 Å². The highest BCUT2D eigenvalue weighted by Gasteiger charge is 2.41. The van der Waals surface area contributed by atoms with E-state index in [0.717, 1.165) is 6.08 Å². The van der Waals surface area contributed by atoms with Crippen LogP contribution in [0.5, 0.6) is 0 Å². The molecule has 3 heterocycles. The number of aromatic nitrogens is 2. The third kappa shape index (κ3) is 4.73. The molecular weight excluding hydrogens is 438 g/mol. The smallest absolute Gasteiger partial charge is 0.444 e. The Morgan fingerprint density at radius 2 is 2.06 bits per heavy atom. The normalized spacial score (nSPS) is 18.5. The topological polar surface area (TPSA) is 143 Å². The van der Waals surface area contributed by atoms with Crippen LogP contribution in [0.25, 0.3) is 6.08 Å². The third-order valence-corrected chi connectivity index (χ3v) is 5.25. The Hall–Kier alpha value is -3.71. The van der Waals surface area contributed by atoms with Gasteiger partial charge in [0.2, 0.25) is 12.3 Å².